The molecular formula is C22H28Cl2N4O2. The molecule has 0 saturated heterocycles. The van der Waals surface area contributed by atoms with Crippen molar-refractivity contribution in [3.8, 4) is 17.1 Å². The second kappa shape index (κ2) is 10.4. The lowest BCUT2D eigenvalue weighted by Gasteiger charge is -2.06. The Morgan fingerprint density at radius 2 is 1.37 bits per heavy atom. The standard InChI is InChI=1S/C22H26N4O2.2ClH/c1-12(2)25-21(23)14-6-8-19-16(9-14)11-20(28-19)17-7-5-15(10-18(17)27)22(24)26-13(3)4;;/h5-13,27H,1-4H3,(H2,23,25)(H2,24,26);2*1H. The molecule has 0 atom stereocenters. The minimum Gasteiger partial charge on any atom is -0.507 e. The van der Waals surface area contributed by atoms with E-state index in [1.165, 1.54) is 0 Å². The molecule has 1 aromatic heterocycles. The van der Waals surface area contributed by atoms with Crippen LogP contribution in [0.4, 0.5) is 0 Å². The maximum absolute atomic E-state index is 10.5. The molecular weight excluding hydrogens is 423 g/mol. The molecule has 3 aromatic rings. The topological polar surface area (TPSA) is 110 Å². The fourth-order valence-electron chi connectivity index (χ4n) is 2.94. The average molecular weight is 451 g/mol. The fourth-order valence-corrected chi connectivity index (χ4v) is 2.94. The normalized spacial score (nSPS) is 12.2. The quantitative estimate of drug-likeness (QED) is 0.379. The summed E-state index contributed by atoms with van der Waals surface area (Å²) >= 11 is 0. The molecule has 5 N–H and O–H groups in total. The molecule has 0 aliphatic heterocycles. The van der Waals surface area contributed by atoms with E-state index in [9.17, 15) is 5.11 Å². The summed E-state index contributed by atoms with van der Waals surface area (Å²) < 4.78 is 5.91. The number of hydrogen-bond acceptors (Lipinski definition) is 4. The highest BCUT2D eigenvalue weighted by atomic mass is 35.5. The van der Waals surface area contributed by atoms with Crippen molar-refractivity contribution in [2.75, 3.05) is 0 Å². The van der Waals surface area contributed by atoms with Gasteiger partial charge in [-0.05, 0) is 64.1 Å². The Balaban J connectivity index is 0.00000225. The average Bonchev–Trinajstić information content (AvgIpc) is 3.03. The lowest BCUT2D eigenvalue weighted by atomic mass is 10.1. The van der Waals surface area contributed by atoms with E-state index in [-0.39, 0.29) is 42.6 Å². The third-order valence-corrected chi connectivity index (χ3v) is 4.17. The van der Waals surface area contributed by atoms with Crippen molar-refractivity contribution in [2.24, 2.45) is 21.5 Å². The predicted octanol–water partition coefficient (Wildman–Crippen LogP) is 4.88. The zero-order valence-corrected chi connectivity index (χ0v) is 19.1. The number of nitrogens with zero attached hydrogens (tertiary/aromatic N) is 2. The first-order valence-electron chi connectivity index (χ1n) is 9.29. The second-order valence-electron chi connectivity index (χ2n) is 7.31. The van der Waals surface area contributed by atoms with E-state index in [0.717, 1.165) is 10.9 Å². The van der Waals surface area contributed by atoms with Gasteiger partial charge in [0.2, 0.25) is 0 Å². The van der Waals surface area contributed by atoms with Gasteiger partial charge in [-0.2, -0.15) is 0 Å². The van der Waals surface area contributed by atoms with Gasteiger partial charge in [-0.3, -0.25) is 9.98 Å². The lowest BCUT2D eigenvalue weighted by Crippen LogP contribution is -2.15. The zero-order chi connectivity index (χ0) is 20.4. The van der Waals surface area contributed by atoms with Crippen LogP contribution in [0.15, 0.2) is 56.9 Å². The molecule has 0 unspecified atom stereocenters. The Morgan fingerprint density at radius 1 is 0.833 bits per heavy atom. The van der Waals surface area contributed by atoms with Gasteiger partial charge in [-0.1, -0.05) is 6.07 Å². The van der Waals surface area contributed by atoms with Crippen molar-refractivity contribution in [2.45, 2.75) is 39.8 Å². The number of hydrogen-bond donors (Lipinski definition) is 3. The number of rotatable bonds is 5. The van der Waals surface area contributed by atoms with Crippen molar-refractivity contribution in [1.82, 2.24) is 0 Å². The van der Waals surface area contributed by atoms with Crippen LogP contribution < -0.4 is 11.5 Å². The van der Waals surface area contributed by atoms with Gasteiger partial charge >= 0.3 is 0 Å². The van der Waals surface area contributed by atoms with E-state index >= 15 is 0 Å². The van der Waals surface area contributed by atoms with Gasteiger partial charge in [-0.15, -0.1) is 24.8 Å². The van der Waals surface area contributed by atoms with E-state index in [1.54, 1.807) is 12.1 Å². The Kier molecular flexibility index (Phi) is 8.75. The number of furan rings is 1. The molecule has 0 saturated carbocycles. The van der Waals surface area contributed by atoms with Gasteiger partial charge in [-0.25, -0.2) is 0 Å². The Bertz CT molecular complexity index is 1070. The van der Waals surface area contributed by atoms with E-state index in [0.29, 0.717) is 34.1 Å². The number of phenolic OH excluding ortho intramolecular Hbond substituents is 1. The molecule has 6 nitrogen and oxygen atoms in total. The molecule has 0 aliphatic carbocycles. The molecule has 0 fully saturated rings. The minimum atomic E-state index is 0. The zero-order valence-electron chi connectivity index (χ0n) is 17.4. The summed E-state index contributed by atoms with van der Waals surface area (Å²) in [7, 11) is 0. The number of fused-ring (bicyclic) bond motifs is 1. The van der Waals surface area contributed by atoms with Gasteiger partial charge in [0.15, 0.2) is 0 Å². The van der Waals surface area contributed by atoms with Crippen LogP contribution in [0.1, 0.15) is 38.8 Å². The first-order valence-corrected chi connectivity index (χ1v) is 9.29. The van der Waals surface area contributed by atoms with Crippen LogP contribution in [0.5, 0.6) is 5.75 Å². The maximum Gasteiger partial charge on any atom is 0.139 e. The van der Waals surface area contributed by atoms with Crippen LogP contribution in [0, 0.1) is 0 Å². The number of phenols is 1. The molecule has 162 valence electrons. The largest absolute Gasteiger partial charge is 0.507 e. The molecule has 30 heavy (non-hydrogen) atoms. The second-order valence-corrected chi connectivity index (χ2v) is 7.31. The van der Waals surface area contributed by atoms with Crippen LogP contribution in [-0.2, 0) is 0 Å². The van der Waals surface area contributed by atoms with E-state index < -0.39 is 0 Å². The monoisotopic (exact) mass is 450 g/mol. The summed E-state index contributed by atoms with van der Waals surface area (Å²) in [6.07, 6.45) is 0. The number of amidine groups is 2. The SMILES string of the molecule is CC(C)N=C(N)c1ccc(-c2cc3cc(C(N)=NC(C)C)ccc3o2)c(O)c1.Cl.Cl. The molecule has 0 radical (unpaired) electrons. The number of benzene rings is 2. The first-order chi connectivity index (χ1) is 13.2. The summed E-state index contributed by atoms with van der Waals surface area (Å²) in [6.45, 7) is 7.85. The van der Waals surface area contributed by atoms with E-state index in [2.05, 4.69) is 9.98 Å². The Labute approximate surface area is 188 Å². The number of halogens is 2. The van der Waals surface area contributed by atoms with E-state index in [4.69, 9.17) is 15.9 Å². The third-order valence-electron chi connectivity index (χ3n) is 4.17. The van der Waals surface area contributed by atoms with Crippen LogP contribution in [0.2, 0.25) is 0 Å². The van der Waals surface area contributed by atoms with Crippen LogP contribution in [0.3, 0.4) is 0 Å². The highest BCUT2D eigenvalue weighted by molar-refractivity contribution is 6.01. The molecule has 0 spiro atoms. The van der Waals surface area contributed by atoms with Gasteiger partial charge in [0.05, 0.1) is 5.56 Å². The number of aliphatic imine (C=N–C) groups is 2. The van der Waals surface area contributed by atoms with Crippen LogP contribution in [-0.4, -0.2) is 28.9 Å². The molecule has 0 aliphatic rings. The molecule has 3 rings (SSSR count). The Morgan fingerprint density at radius 3 is 1.90 bits per heavy atom. The van der Waals surface area contributed by atoms with Crippen molar-refractivity contribution in [3.63, 3.8) is 0 Å². The molecule has 0 bridgehead atoms. The third kappa shape index (κ3) is 5.68. The van der Waals surface area contributed by atoms with Crippen molar-refractivity contribution < 1.29 is 9.52 Å². The van der Waals surface area contributed by atoms with Gasteiger partial charge in [0.1, 0.15) is 28.8 Å². The molecule has 0 amide bonds. The minimum absolute atomic E-state index is 0. The maximum atomic E-state index is 10.5. The van der Waals surface area contributed by atoms with Gasteiger partial charge in [0.25, 0.3) is 0 Å². The van der Waals surface area contributed by atoms with Crippen LogP contribution in [0.25, 0.3) is 22.3 Å². The van der Waals surface area contributed by atoms with Crippen molar-refractivity contribution in [1.29, 1.82) is 0 Å². The summed E-state index contributed by atoms with van der Waals surface area (Å²) in [5.74, 6) is 1.53. The van der Waals surface area contributed by atoms with Crippen LogP contribution >= 0.6 is 24.8 Å². The number of aromatic hydroxyl groups is 1. The number of nitrogens with two attached hydrogens (primary N) is 2. The highest BCUT2D eigenvalue weighted by Crippen LogP contribution is 2.34. The van der Waals surface area contributed by atoms with Gasteiger partial charge < -0.3 is 21.0 Å². The fraction of sp³-hybridized carbons (Fsp3) is 0.273. The molecule has 2 aromatic carbocycles. The van der Waals surface area contributed by atoms with E-state index in [1.807, 2.05) is 58.0 Å². The first kappa shape index (κ1) is 25.3. The highest BCUT2D eigenvalue weighted by Gasteiger charge is 2.13. The van der Waals surface area contributed by atoms with Crippen molar-refractivity contribution in [3.05, 3.63) is 53.6 Å². The summed E-state index contributed by atoms with van der Waals surface area (Å²) in [6, 6.07) is 12.9. The molecule has 8 heteroatoms. The Hall–Kier alpha value is -2.70. The summed E-state index contributed by atoms with van der Waals surface area (Å²) in [5, 5.41) is 11.4. The predicted molar refractivity (Wildman–Crippen MR) is 130 cm³/mol. The molecule has 1 heterocycles. The summed E-state index contributed by atoms with van der Waals surface area (Å²) in [5.41, 5.74) is 14.9. The summed E-state index contributed by atoms with van der Waals surface area (Å²) in [4.78, 5) is 8.69. The van der Waals surface area contributed by atoms with Crippen molar-refractivity contribution >= 4 is 47.5 Å². The lowest BCUT2D eigenvalue weighted by molar-refractivity contribution is 0.474. The van der Waals surface area contributed by atoms with Gasteiger partial charge in [0, 0.05) is 28.6 Å². The smallest absolute Gasteiger partial charge is 0.139 e.